The summed E-state index contributed by atoms with van der Waals surface area (Å²) in [5, 5.41) is 23.1. The van der Waals surface area contributed by atoms with Crippen molar-refractivity contribution in [1.82, 2.24) is 19.5 Å². The van der Waals surface area contributed by atoms with Crippen molar-refractivity contribution in [3.8, 4) is 11.8 Å². The van der Waals surface area contributed by atoms with Crippen LogP contribution in [-0.4, -0.2) is 55.2 Å². The third-order valence-corrected chi connectivity index (χ3v) is 5.68. The highest BCUT2D eigenvalue weighted by molar-refractivity contribution is 5.83. The van der Waals surface area contributed by atoms with Gasteiger partial charge in [0.1, 0.15) is 18.8 Å². The quantitative estimate of drug-likeness (QED) is 0.393. The second kappa shape index (κ2) is 9.19. The van der Waals surface area contributed by atoms with Gasteiger partial charge in [-0.1, -0.05) is 54.5 Å². The predicted octanol–water partition coefficient (Wildman–Crippen LogP) is 2.21. The summed E-state index contributed by atoms with van der Waals surface area (Å²) in [6.45, 7) is -0.497. The van der Waals surface area contributed by atoms with Gasteiger partial charge in [-0.05, 0) is 23.6 Å². The number of imidazole rings is 1. The van der Waals surface area contributed by atoms with E-state index in [0.717, 1.165) is 15.7 Å². The van der Waals surface area contributed by atoms with Crippen molar-refractivity contribution < 1.29 is 19.3 Å². The highest BCUT2D eigenvalue weighted by atomic mass is 19.1. The first-order chi connectivity index (χ1) is 16.6. The van der Waals surface area contributed by atoms with E-state index in [4.69, 9.17) is 4.74 Å². The minimum atomic E-state index is -2.35. The van der Waals surface area contributed by atoms with Crippen LogP contribution < -0.4 is 5.32 Å². The molecule has 3 atom stereocenters. The van der Waals surface area contributed by atoms with Gasteiger partial charge in [0.2, 0.25) is 11.6 Å². The number of aliphatic hydroxyl groups is 2. The molecule has 3 N–H and O–H groups in total. The number of hydrogen-bond acceptors (Lipinski definition) is 7. The predicted molar refractivity (Wildman–Crippen MR) is 123 cm³/mol. The molecule has 0 spiro atoms. The van der Waals surface area contributed by atoms with Gasteiger partial charge in [-0.2, -0.15) is 0 Å². The molecule has 0 radical (unpaired) electrons. The average molecular weight is 459 g/mol. The number of alkyl halides is 1. The van der Waals surface area contributed by atoms with Crippen molar-refractivity contribution >= 4 is 17.0 Å². The lowest BCUT2D eigenvalue weighted by Crippen LogP contribution is -2.43. The van der Waals surface area contributed by atoms with Crippen LogP contribution in [0.3, 0.4) is 0 Å². The monoisotopic (exact) mass is 459 g/mol. The third kappa shape index (κ3) is 4.10. The van der Waals surface area contributed by atoms with Gasteiger partial charge in [-0.25, -0.2) is 19.3 Å². The minimum Gasteiger partial charge on any atom is -0.394 e. The molecule has 2 aromatic carbocycles. The van der Waals surface area contributed by atoms with Gasteiger partial charge >= 0.3 is 0 Å². The Hall–Kier alpha value is -3.84. The molecule has 2 aromatic heterocycles. The summed E-state index contributed by atoms with van der Waals surface area (Å²) in [6.07, 6.45) is -1.38. The Bertz CT molecular complexity index is 1350. The number of hydrogen-bond donors (Lipinski definition) is 3. The van der Waals surface area contributed by atoms with Gasteiger partial charge in [0, 0.05) is 12.1 Å². The van der Waals surface area contributed by atoms with Crippen LogP contribution in [0.2, 0.25) is 0 Å². The van der Waals surface area contributed by atoms with Gasteiger partial charge in [-0.3, -0.25) is 4.57 Å². The van der Waals surface area contributed by atoms with Crippen LogP contribution in [0.5, 0.6) is 0 Å². The van der Waals surface area contributed by atoms with Crippen molar-refractivity contribution in [3.63, 3.8) is 0 Å². The second-order valence-electron chi connectivity index (χ2n) is 7.93. The number of anilines is 1. The number of rotatable bonds is 5. The van der Waals surface area contributed by atoms with Crippen molar-refractivity contribution in [2.24, 2.45) is 0 Å². The molecule has 34 heavy (non-hydrogen) atoms. The second-order valence-corrected chi connectivity index (χ2v) is 7.93. The van der Waals surface area contributed by atoms with E-state index in [0.29, 0.717) is 17.9 Å². The highest BCUT2D eigenvalue weighted by Gasteiger charge is 2.52. The van der Waals surface area contributed by atoms with Crippen LogP contribution in [0.1, 0.15) is 17.0 Å². The highest BCUT2D eigenvalue weighted by Crippen LogP contribution is 2.36. The summed E-state index contributed by atoms with van der Waals surface area (Å²) in [7, 11) is 0. The smallest absolute Gasteiger partial charge is 0.240 e. The Balaban J connectivity index is 1.58. The molecule has 0 unspecified atom stereocenters. The third-order valence-electron chi connectivity index (χ3n) is 5.68. The van der Waals surface area contributed by atoms with E-state index >= 15 is 4.39 Å². The van der Waals surface area contributed by atoms with Crippen LogP contribution in [0.4, 0.5) is 10.2 Å². The van der Waals surface area contributed by atoms with Gasteiger partial charge in [-0.15, -0.1) is 0 Å². The largest absolute Gasteiger partial charge is 0.394 e. The van der Waals surface area contributed by atoms with E-state index in [2.05, 4.69) is 32.1 Å². The molecule has 4 aromatic rings. The lowest BCUT2D eigenvalue weighted by Gasteiger charge is -2.24. The maximum absolute atomic E-state index is 15.9. The molecule has 9 heteroatoms. The van der Waals surface area contributed by atoms with Crippen LogP contribution >= 0.6 is 0 Å². The number of halogens is 1. The summed E-state index contributed by atoms with van der Waals surface area (Å²) in [4.78, 5) is 13.3. The van der Waals surface area contributed by atoms with Gasteiger partial charge in [0.25, 0.3) is 0 Å². The molecular weight excluding hydrogens is 437 g/mol. The maximum Gasteiger partial charge on any atom is 0.240 e. The fraction of sp³-hybridized carbons (Fsp3) is 0.240. The number of benzene rings is 2. The number of fused-ring (bicyclic) bond motifs is 1. The Morgan fingerprint density at radius 2 is 1.82 bits per heavy atom. The molecular formula is C25H22FN5O3. The molecule has 3 heterocycles. The van der Waals surface area contributed by atoms with E-state index in [9.17, 15) is 10.2 Å². The zero-order valence-corrected chi connectivity index (χ0v) is 18.1. The van der Waals surface area contributed by atoms with E-state index in [1.807, 2.05) is 60.7 Å². The Morgan fingerprint density at radius 1 is 1.09 bits per heavy atom. The van der Waals surface area contributed by atoms with Crippen molar-refractivity contribution in [2.75, 3.05) is 18.5 Å². The molecule has 0 saturated carbocycles. The lowest BCUT2D eigenvalue weighted by atomic mass is 10.1. The molecule has 172 valence electrons. The molecule has 0 amide bonds. The molecule has 1 saturated heterocycles. The first-order valence-corrected chi connectivity index (χ1v) is 10.8. The maximum atomic E-state index is 15.9. The first kappa shape index (κ1) is 22.0. The first-order valence-electron chi connectivity index (χ1n) is 10.8. The summed E-state index contributed by atoms with van der Waals surface area (Å²) < 4.78 is 22.3. The van der Waals surface area contributed by atoms with Crippen LogP contribution in [0.25, 0.3) is 11.2 Å². The molecule has 5 rings (SSSR count). The molecule has 8 nitrogen and oxygen atoms in total. The van der Waals surface area contributed by atoms with Crippen molar-refractivity contribution in [2.45, 2.75) is 24.5 Å². The lowest BCUT2D eigenvalue weighted by molar-refractivity contribution is -0.0462. The Morgan fingerprint density at radius 3 is 2.53 bits per heavy atom. The average Bonchev–Trinajstić information content (AvgIpc) is 3.44. The van der Waals surface area contributed by atoms with E-state index in [1.54, 1.807) is 0 Å². The number of nitrogens with one attached hydrogen (secondary N) is 1. The van der Waals surface area contributed by atoms with Gasteiger partial charge < -0.3 is 20.3 Å². The van der Waals surface area contributed by atoms with E-state index in [-0.39, 0.29) is 11.5 Å². The fourth-order valence-electron chi connectivity index (χ4n) is 3.83. The topological polar surface area (TPSA) is 105 Å². The number of nitrogens with zero attached hydrogens (tertiary/aromatic N) is 4. The normalized spacial score (nSPS) is 21.9. The number of aromatic nitrogens is 4. The molecule has 0 bridgehead atoms. The van der Waals surface area contributed by atoms with Gasteiger partial charge in [0.15, 0.2) is 17.0 Å². The summed E-state index contributed by atoms with van der Waals surface area (Å²) in [5.41, 5.74) is 2.30. The minimum absolute atomic E-state index is 0.159. The van der Waals surface area contributed by atoms with Crippen LogP contribution in [0.15, 0.2) is 67.0 Å². The Kier molecular flexibility index (Phi) is 5.94. The molecule has 0 aliphatic carbocycles. The Labute approximate surface area is 195 Å². The van der Waals surface area contributed by atoms with Crippen LogP contribution in [0, 0.1) is 11.8 Å². The van der Waals surface area contributed by atoms with Crippen LogP contribution in [-0.2, 0) is 17.1 Å². The van der Waals surface area contributed by atoms with Gasteiger partial charge in [0.05, 0.1) is 12.9 Å². The summed E-state index contributed by atoms with van der Waals surface area (Å²) in [5.74, 6) is 4.15. The molecule has 1 aliphatic rings. The number of ether oxygens (including phenoxy) is 1. The van der Waals surface area contributed by atoms with E-state index in [1.165, 1.54) is 6.33 Å². The zero-order valence-electron chi connectivity index (χ0n) is 18.1. The van der Waals surface area contributed by atoms with E-state index < -0.39 is 31.2 Å². The molecule has 1 fully saturated rings. The van der Waals surface area contributed by atoms with Crippen molar-refractivity contribution in [3.05, 3.63) is 83.9 Å². The standard InChI is InChI=1S/C25H22FN5O3/c26-25(15-34-19(14-32)22(25)33)31-16-28-21-23(27-13-18-9-5-2-6-10-18)29-20(30-24(21)31)12-11-17-7-3-1-4-8-17/h1-10,16,19,22,32-33H,13-15H2,(H,27,29,30)/t19-,22-,25-/m1/s1. The number of aliphatic hydroxyl groups excluding tert-OH is 2. The molecule has 1 aliphatic heterocycles. The summed E-state index contributed by atoms with van der Waals surface area (Å²) >= 11 is 0. The summed E-state index contributed by atoms with van der Waals surface area (Å²) in [6, 6.07) is 19.1. The SMILES string of the molecule is OC[C@H]1OC[C@@](F)(n2cnc3c(NCc4ccccc4)nc(C#Cc4ccccc4)nc32)[C@@H]1O. The zero-order chi connectivity index (χ0) is 23.5. The fourth-order valence-corrected chi connectivity index (χ4v) is 3.83. The van der Waals surface area contributed by atoms with Crippen molar-refractivity contribution in [1.29, 1.82) is 0 Å².